The minimum absolute atomic E-state index is 0.200. The molecule has 0 aliphatic rings. The van der Waals surface area contributed by atoms with Crippen LogP contribution in [0.4, 0.5) is 0 Å². The van der Waals surface area contributed by atoms with Crippen LogP contribution in [0.2, 0.25) is 0 Å². The van der Waals surface area contributed by atoms with E-state index < -0.39 is 9.84 Å². The van der Waals surface area contributed by atoms with Crippen LogP contribution in [-0.2, 0) is 16.3 Å². The number of hydrogen-bond donors (Lipinski definition) is 1. The molecule has 2 aromatic carbocycles. The van der Waals surface area contributed by atoms with E-state index in [-0.39, 0.29) is 5.75 Å². The minimum atomic E-state index is -3.16. The topological polar surface area (TPSA) is 34.1 Å². The molecule has 2 nitrogen and oxygen atoms in total. The van der Waals surface area contributed by atoms with Gasteiger partial charge in [-0.3, -0.25) is 0 Å². The maximum absolute atomic E-state index is 12.2. The Morgan fingerprint density at radius 3 is 2.05 bits per heavy atom. The molecular formula is C17H20O2S2. The van der Waals surface area contributed by atoms with Crippen molar-refractivity contribution in [2.24, 2.45) is 0 Å². The fourth-order valence-electron chi connectivity index (χ4n) is 2.17. The fraction of sp³-hybridized carbons (Fsp3) is 0.294. The maximum atomic E-state index is 12.2. The molecule has 0 aliphatic carbocycles. The third-order valence-corrected chi connectivity index (χ3v) is 5.49. The predicted octanol–water partition coefficient (Wildman–Crippen LogP) is 3.76. The first-order valence-corrected chi connectivity index (χ1v) is 9.37. The smallest absolute Gasteiger partial charge is 0.178 e. The molecule has 21 heavy (non-hydrogen) atoms. The predicted molar refractivity (Wildman–Crippen MR) is 90.8 cm³/mol. The molecule has 0 spiro atoms. The Labute approximate surface area is 132 Å². The SMILES string of the molecule is O=S(=O)(CCCCS)c1ccc(Cc2ccccc2)cc1. The van der Waals surface area contributed by atoms with E-state index in [0.29, 0.717) is 11.3 Å². The molecular weight excluding hydrogens is 300 g/mol. The second-order valence-corrected chi connectivity index (χ2v) is 7.61. The molecule has 2 aromatic rings. The molecule has 112 valence electrons. The summed E-state index contributed by atoms with van der Waals surface area (Å²) in [5.41, 5.74) is 2.34. The van der Waals surface area contributed by atoms with Gasteiger partial charge in [0, 0.05) is 0 Å². The van der Waals surface area contributed by atoms with E-state index in [0.717, 1.165) is 24.2 Å². The number of hydrogen-bond acceptors (Lipinski definition) is 3. The Bertz CT molecular complexity index is 647. The lowest BCUT2D eigenvalue weighted by molar-refractivity contribution is 0.593. The van der Waals surface area contributed by atoms with E-state index in [1.165, 1.54) is 5.56 Å². The molecule has 0 amide bonds. The molecule has 0 saturated carbocycles. The summed E-state index contributed by atoms with van der Waals surface area (Å²) in [6.07, 6.45) is 2.31. The Balaban J connectivity index is 2.05. The molecule has 0 unspecified atom stereocenters. The molecule has 0 heterocycles. The number of unbranched alkanes of at least 4 members (excludes halogenated alkanes) is 1. The van der Waals surface area contributed by atoms with Gasteiger partial charge in [0.15, 0.2) is 9.84 Å². The first-order valence-electron chi connectivity index (χ1n) is 7.08. The highest BCUT2D eigenvalue weighted by atomic mass is 32.2. The second-order valence-electron chi connectivity index (χ2n) is 5.06. The Morgan fingerprint density at radius 1 is 0.810 bits per heavy atom. The third kappa shape index (κ3) is 4.90. The molecule has 0 aliphatic heterocycles. The summed E-state index contributed by atoms with van der Waals surface area (Å²) in [6.45, 7) is 0. The van der Waals surface area contributed by atoms with Gasteiger partial charge in [-0.2, -0.15) is 12.6 Å². The van der Waals surface area contributed by atoms with Crippen LogP contribution in [0.5, 0.6) is 0 Å². The van der Waals surface area contributed by atoms with Gasteiger partial charge in [0.1, 0.15) is 0 Å². The molecule has 0 radical (unpaired) electrons. The minimum Gasteiger partial charge on any atom is -0.224 e. The van der Waals surface area contributed by atoms with Crippen molar-refractivity contribution in [1.29, 1.82) is 0 Å². The fourth-order valence-corrected chi connectivity index (χ4v) is 3.76. The summed E-state index contributed by atoms with van der Waals surface area (Å²) in [5.74, 6) is 0.928. The zero-order valence-corrected chi connectivity index (χ0v) is 13.6. The normalized spacial score (nSPS) is 11.5. The van der Waals surface area contributed by atoms with Gasteiger partial charge in [0.05, 0.1) is 10.6 Å². The Morgan fingerprint density at radius 2 is 1.43 bits per heavy atom. The first kappa shape index (κ1) is 16.1. The van der Waals surface area contributed by atoms with Crippen LogP contribution in [0.25, 0.3) is 0 Å². The molecule has 0 fully saturated rings. The summed E-state index contributed by atoms with van der Waals surface area (Å²) in [6, 6.07) is 17.4. The zero-order chi connectivity index (χ0) is 15.1. The van der Waals surface area contributed by atoms with E-state index in [1.807, 2.05) is 30.3 Å². The highest BCUT2D eigenvalue weighted by Crippen LogP contribution is 2.16. The van der Waals surface area contributed by atoms with Crippen LogP contribution < -0.4 is 0 Å². The average molecular weight is 320 g/mol. The zero-order valence-electron chi connectivity index (χ0n) is 11.9. The van der Waals surface area contributed by atoms with Gasteiger partial charge in [-0.05, 0) is 48.3 Å². The number of rotatable bonds is 7. The molecule has 2 rings (SSSR count). The molecule has 0 saturated heterocycles. The lowest BCUT2D eigenvalue weighted by Gasteiger charge is -2.06. The van der Waals surface area contributed by atoms with Crippen LogP contribution in [0.1, 0.15) is 24.0 Å². The van der Waals surface area contributed by atoms with Crippen LogP contribution in [0, 0.1) is 0 Å². The first-order chi connectivity index (χ1) is 10.1. The average Bonchev–Trinajstić information content (AvgIpc) is 2.49. The van der Waals surface area contributed by atoms with E-state index in [1.54, 1.807) is 12.1 Å². The van der Waals surface area contributed by atoms with Crippen molar-refractivity contribution in [2.45, 2.75) is 24.2 Å². The highest BCUT2D eigenvalue weighted by Gasteiger charge is 2.13. The summed E-state index contributed by atoms with van der Waals surface area (Å²) in [7, 11) is -3.16. The molecule has 0 bridgehead atoms. The molecule has 0 aromatic heterocycles. The molecule has 4 heteroatoms. The van der Waals surface area contributed by atoms with Crippen molar-refractivity contribution in [1.82, 2.24) is 0 Å². The van der Waals surface area contributed by atoms with E-state index in [4.69, 9.17) is 0 Å². The van der Waals surface area contributed by atoms with Crippen molar-refractivity contribution in [3.8, 4) is 0 Å². The molecule has 0 atom stereocenters. The van der Waals surface area contributed by atoms with Crippen molar-refractivity contribution < 1.29 is 8.42 Å². The Kier molecular flexibility index (Phi) is 5.88. The standard InChI is InChI=1S/C17H20O2S2/c18-21(19,13-5-4-12-20)17-10-8-16(9-11-17)14-15-6-2-1-3-7-15/h1-3,6-11,20H,4-5,12-14H2. The van der Waals surface area contributed by atoms with Gasteiger partial charge in [-0.1, -0.05) is 42.5 Å². The van der Waals surface area contributed by atoms with E-state index in [9.17, 15) is 8.42 Å². The lowest BCUT2D eigenvalue weighted by atomic mass is 10.1. The van der Waals surface area contributed by atoms with Gasteiger partial charge < -0.3 is 0 Å². The summed E-state index contributed by atoms with van der Waals surface area (Å²) < 4.78 is 24.3. The monoisotopic (exact) mass is 320 g/mol. The van der Waals surface area contributed by atoms with Gasteiger partial charge in [0.25, 0.3) is 0 Å². The number of sulfone groups is 1. The largest absolute Gasteiger partial charge is 0.224 e. The van der Waals surface area contributed by atoms with Gasteiger partial charge in [-0.25, -0.2) is 8.42 Å². The summed E-state index contributed by atoms with van der Waals surface area (Å²) in [5, 5.41) is 0. The van der Waals surface area contributed by atoms with Crippen LogP contribution in [0.15, 0.2) is 59.5 Å². The number of thiol groups is 1. The van der Waals surface area contributed by atoms with Gasteiger partial charge >= 0.3 is 0 Å². The molecule has 0 N–H and O–H groups in total. The van der Waals surface area contributed by atoms with Gasteiger partial charge in [-0.15, -0.1) is 0 Å². The lowest BCUT2D eigenvalue weighted by Crippen LogP contribution is -2.07. The van der Waals surface area contributed by atoms with Crippen molar-refractivity contribution in [3.05, 3.63) is 65.7 Å². The second kappa shape index (κ2) is 7.66. The number of benzene rings is 2. The van der Waals surface area contributed by atoms with Crippen LogP contribution in [0.3, 0.4) is 0 Å². The maximum Gasteiger partial charge on any atom is 0.178 e. The summed E-state index contributed by atoms with van der Waals surface area (Å²) >= 11 is 4.10. The van der Waals surface area contributed by atoms with Crippen LogP contribution in [-0.4, -0.2) is 19.9 Å². The van der Waals surface area contributed by atoms with Crippen molar-refractivity contribution in [2.75, 3.05) is 11.5 Å². The van der Waals surface area contributed by atoms with E-state index >= 15 is 0 Å². The Hall–Kier alpha value is -1.26. The van der Waals surface area contributed by atoms with Crippen LogP contribution >= 0.6 is 12.6 Å². The highest BCUT2D eigenvalue weighted by molar-refractivity contribution is 7.91. The van der Waals surface area contributed by atoms with Gasteiger partial charge in [0.2, 0.25) is 0 Å². The summed E-state index contributed by atoms with van der Waals surface area (Å²) in [4.78, 5) is 0.415. The third-order valence-electron chi connectivity index (χ3n) is 3.35. The van der Waals surface area contributed by atoms with Crippen molar-refractivity contribution >= 4 is 22.5 Å². The quantitative estimate of drug-likeness (QED) is 0.622. The van der Waals surface area contributed by atoms with Crippen molar-refractivity contribution in [3.63, 3.8) is 0 Å². The van der Waals surface area contributed by atoms with E-state index in [2.05, 4.69) is 24.8 Å².